The van der Waals surface area contributed by atoms with E-state index in [0.717, 1.165) is 72.3 Å². The Hall–Kier alpha value is -3.36. The third-order valence-electron chi connectivity index (χ3n) is 7.68. The summed E-state index contributed by atoms with van der Waals surface area (Å²) in [5, 5.41) is 14.0. The summed E-state index contributed by atoms with van der Waals surface area (Å²) in [6, 6.07) is 6.40. The van der Waals surface area contributed by atoms with Crippen LogP contribution in [0.3, 0.4) is 0 Å². The first kappa shape index (κ1) is 23.4. The van der Waals surface area contributed by atoms with Gasteiger partial charge in [-0.05, 0) is 70.1 Å². The van der Waals surface area contributed by atoms with Gasteiger partial charge in [0, 0.05) is 37.3 Å². The molecule has 0 unspecified atom stereocenters. The summed E-state index contributed by atoms with van der Waals surface area (Å²) in [5.74, 6) is 0.0438. The van der Waals surface area contributed by atoms with E-state index in [4.69, 9.17) is 9.72 Å². The van der Waals surface area contributed by atoms with Gasteiger partial charge in [0.2, 0.25) is 0 Å². The number of imidazole rings is 1. The van der Waals surface area contributed by atoms with Crippen LogP contribution in [0.4, 0.5) is 10.5 Å². The summed E-state index contributed by atoms with van der Waals surface area (Å²) >= 11 is 0. The fourth-order valence-electron chi connectivity index (χ4n) is 5.82. The number of aryl methyl sites for hydroxylation is 4. The van der Waals surface area contributed by atoms with Gasteiger partial charge in [0.25, 0.3) is 0 Å². The third-order valence-corrected chi connectivity index (χ3v) is 7.68. The molecule has 3 heterocycles. The van der Waals surface area contributed by atoms with Crippen molar-refractivity contribution in [3.05, 3.63) is 41.5 Å². The van der Waals surface area contributed by atoms with Crippen molar-refractivity contribution in [2.75, 3.05) is 12.0 Å². The van der Waals surface area contributed by atoms with Gasteiger partial charge in [-0.1, -0.05) is 0 Å². The molecule has 2 aromatic heterocycles. The highest BCUT2D eigenvalue weighted by atomic mass is 16.5. The monoisotopic (exact) mass is 479 g/mol. The summed E-state index contributed by atoms with van der Waals surface area (Å²) in [6.45, 7) is 2.04. The van der Waals surface area contributed by atoms with Crippen LogP contribution in [-0.2, 0) is 35.8 Å². The number of methoxy groups -OCH3 is 1. The third kappa shape index (κ3) is 4.28. The molecule has 0 radical (unpaired) electrons. The van der Waals surface area contributed by atoms with E-state index in [-0.39, 0.29) is 24.1 Å². The normalized spacial score (nSPS) is 22.3. The SMILES string of the molecule is COC(=O)N1c2ccc3c(nc(CCc4ccn(C)n4)n3C3CCC(C(=O)O)CC3)c2CC[C@@H]1C. The lowest BCUT2D eigenvalue weighted by atomic mass is 9.85. The molecule has 9 heteroatoms. The van der Waals surface area contributed by atoms with Crippen LogP contribution in [0.15, 0.2) is 24.4 Å². The summed E-state index contributed by atoms with van der Waals surface area (Å²) in [5.41, 5.74) is 4.99. The zero-order chi connectivity index (χ0) is 24.7. The second-order valence-corrected chi connectivity index (χ2v) is 9.88. The molecule has 0 spiro atoms. The number of amides is 1. The first-order chi connectivity index (χ1) is 16.9. The molecule has 0 bridgehead atoms. The topological polar surface area (TPSA) is 102 Å². The average Bonchev–Trinajstić information content (AvgIpc) is 3.45. The van der Waals surface area contributed by atoms with E-state index in [1.165, 1.54) is 7.11 Å². The molecule has 1 fully saturated rings. The lowest BCUT2D eigenvalue weighted by Gasteiger charge is -2.34. The molecule has 5 rings (SSSR count). The molecule has 0 saturated heterocycles. The van der Waals surface area contributed by atoms with E-state index >= 15 is 0 Å². The van der Waals surface area contributed by atoms with Crippen molar-refractivity contribution in [3.63, 3.8) is 0 Å². The number of carbonyl (C=O) groups is 2. The molecule has 1 aliphatic heterocycles. The minimum Gasteiger partial charge on any atom is -0.481 e. The van der Waals surface area contributed by atoms with Gasteiger partial charge < -0.3 is 14.4 Å². The van der Waals surface area contributed by atoms with Crippen LogP contribution in [0.25, 0.3) is 11.0 Å². The van der Waals surface area contributed by atoms with Crippen LogP contribution in [-0.4, -0.2) is 49.7 Å². The lowest BCUT2D eigenvalue weighted by molar-refractivity contribution is -0.143. The number of carboxylic acid groups (broad SMARTS) is 1. The fourth-order valence-corrected chi connectivity index (χ4v) is 5.82. The molecule has 9 nitrogen and oxygen atoms in total. The Kier molecular flexibility index (Phi) is 6.25. The molecule has 1 aliphatic carbocycles. The Morgan fingerprint density at radius 1 is 1.11 bits per heavy atom. The van der Waals surface area contributed by atoms with Crippen LogP contribution in [0.1, 0.15) is 62.2 Å². The van der Waals surface area contributed by atoms with Crippen molar-refractivity contribution in [1.82, 2.24) is 19.3 Å². The van der Waals surface area contributed by atoms with Crippen LogP contribution < -0.4 is 4.90 Å². The zero-order valence-electron chi connectivity index (χ0n) is 20.6. The summed E-state index contributed by atoms with van der Waals surface area (Å²) in [4.78, 5) is 31.0. The zero-order valence-corrected chi connectivity index (χ0v) is 20.6. The van der Waals surface area contributed by atoms with Crippen molar-refractivity contribution in [2.45, 2.75) is 70.4 Å². The second-order valence-electron chi connectivity index (χ2n) is 9.88. The van der Waals surface area contributed by atoms with Crippen molar-refractivity contribution in [1.29, 1.82) is 0 Å². The Morgan fingerprint density at radius 3 is 2.54 bits per heavy atom. The van der Waals surface area contributed by atoms with Crippen molar-refractivity contribution in [2.24, 2.45) is 13.0 Å². The lowest BCUT2D eigenvalue weighted by Crippen LogP contribution is -2.42. The maximum Gasteiger partial charge on any atom is 0.414 e. The number of rotatable bonds is 5. The van der Waals surface area contributed by atoms with Crippen LogP contribution in [0.2, 0.25) is 0 Å². The van der Waals surface area contributed by atoms with Gasteiger partial charge in [-0.3, -0.25) is 14.4 Å². The van der Waals surface area contributed by atoms with Gasteiger partial charge in [0.1, 0.15) is 5.82 Å². The van der Waals surface area contributed by atoms with E-state index in [2.05, 4.69) is 15.7 Å². The average molecular weight is 480 g/mol. The summed E-state index contributed by atoms with van der Waals surface area (Å²) < 4.78 is 9.23. The highest BCUT2D eigenvalue weighted by molar-refractivity contribution is 5.95. The molecule has 186 valence electrons. The summed E-state index contributed by atoms with van der Waals surface area (Å²) in [6.07, 6.45) is 7.83. The maximum atomic E-state index is 12.6. The quantitative estimate of drug-likeness (QED) is 0.586. The molecule has 1 saturated carbocycles. The Balaban J connectivity index is 1.56. The van der Waals surface area contributed by atoms with Crippen LogP contribution in [0.5, 0.6) is 0 Å². The Morgan fingerprint density at radius 2 is 1.89 bits per heavy atom. The Labute approximate surface area is 204 Å². The van der Waals surface area contributed by atoms with E-state index in [0.29, 0.717) is 12.8 Å². The molecule has 1 atom stereocenters. The standard InChI is InChI=1S/C26H33N5O4/c1-16-4-10-20-21(30(16)26(34)35-3)11-12-22-24(20)27-23(13-7-18-14-15-29(2)28-18)31(22)19-8-5-17(6-9-19)25(32)33/h11-12,14-17,19H,4-10,13H2,1-3H3,(H,32,33)/t16-,17?,19?/m0/s1. The van der Waals surface area contributed by atoms with Gasteiger partial charge >= 0.3 is 12.1 Å². The number of carboxylic acids is 1. The molecule has 1 amide bonds. The number of ether oxygens (including phenoxy) is 1. The number of benzene rings is 1. The smallest absolute Gasteiger partial charge is 0.414 e. The highest BCUT2D eigenvalue weighted by Gasteiger charge is 2.33. The number of carbonyl (C=O) groups excluding carboxylic acids is 1. The number of anilines is 1. The van der Waals surface area contributed by atoms with E-state index in [9.17, 15) is 14.7 Å². The largest absolute Gasteiger partial charge is 0.481 e. The van der Waals surface area contributed by atoms with Crippen LogP contribution >= 0.6 is 0 Å². The molecule has 1 N–H and O–H groups in total. The molecule has 3 aromatic rings. The number of nitrogens with zero attached hydrogens (tertiary/aromatic N) is 5. The van der Waals surface area contributed by atoms with Crippen molar-refractivity contribution < 1.29 is 19.4 Å². The molecule has 35 heavy (non-hydrogen) atoms. The summed E-state index contributed by atoms with van der Waals surface area (Å²) in [7, 11) is 3.33. The van der Waals surface area contributed by atoms with Gasteiger partial charge in [-0.15, -0.1) is 0 Å². The van der Waals surface area contributed by atoms with Crippen LogP contribution in [0, 0.1) is 5.92 Å². The predicted molar refractivity (Wildman–Crippen MR) is 132 cm³/mol. The number of hydrogen-bond donors (Lipinski definition) is 1. The minimum atomic E-state index is -0.694. The van der Waals surface area contributed by atoms with E-state index in [1.807, 2.05) is 37.0 Å². The van der Waals surface area contributed by atoms with Gasteiger partial charge in [0.05, 0.1) is 35.4 Å². The first-order valence-corrected chi connectivity index (χ1v) is 12.5. The fraction of sp³-hybridized carbons (Fsp3) is 0.538. The Bertz CT molecular complexity index is 1250. The first-order valence-electron chi connectivity index (χ1n) is 12.5. The minimum absolute atomic E-state index is 0.0596. The number of fused-ring (bicyclic) bond motifs is 3. The number of aliphatic carboxylic acids is 1. The highest BCUT2D eigenvalue weighted by Crippen LogP contribution is 2.40. The maximum absolute atomic E-state index is 12.6. The van der Waals surface area contributed by atoms with E-state index in [1.54, 1.807) is 4.90 Å². The predicted octanol–water partition coefficient (Wildman–Crippen LogP) is 4.28. The molecule has 2 aliphatic rings. The van der Waals surface area contributed by atoms with E-state index < -0.39 is 5.97 Å². The number of aromatic nitrogens is 4. The van der Waals surface area contributed by atoms with Gasteiger partial charge in [0.15, 0.2) is 0 Å². The number of hydrogen-bond acceptors (Lipinski definition) is 5. The van der Waals surface area contributed by atoms with Gasteiger partial charge in [-0.2, -0.15) is 5.10 Å². The second kappa shape index (κ2) is 9.36. The molecular formula is C26H33N5O4. The van der Waals surface area contributed by atoms with Crippen molar-refractivity contribution >= 4 is 28.8 Å². The molecule has 1 aromatic carbocycles. The molecular weight excluding hydrogens is 446 g/mol. The van der Waals surface area contributed by atoms with Crippen molar-refractivity contribution in [3.8, 4) is 0 Å². The van der Waals surface area contributed by atoms with Gasteiger partial charge in [-0.25, -0.2) is 9.78 Å².